The number of halogens is 2. The van der Waals surface area contributed by atoms with Gasteiger partial charge < -0.3 is 20.1 Å². The highest BCUT2D eigenvalue weighted by atomic mass is 79.9. The summed E-state index contributed by atoms with van der Waals surface area (Å²) in [6.45, 7) is 2.07. The zero-order valence-corrected chi connectivity index (χ0v) is 12.8. The van der Waals surface area contributed by atoms with Crippen molar-refractivity contribution in [3.05, 3.63) is 28.0 Å². The smallest absolute Gasteiger partial charge is 0.328 e. The molecular formula is C13H14BrFN2O4. The largest absolute Gasteiger partial charge is 0.480 e. The maximum absolute atomic E-state index is 13.4. The van der Waals surface area contributed by atoms with E-state index in [0.717, 1.165) is 0 Å². The molecule has 0 spiro atoms. The van der Waals surface area contributed by atoms with Crippen LogP contribution in [0.3, 0.4) is 0 Å². The number of rotatable bonds is 2. The minimum absolute atomic E-state index is 0.0468. The number of aryl methyl sites for hydroxylation is 1. The number of carboxylic acids is 1. The Kier molecular flexibility index (Phi) is 4.79. The van der Waals surface area contributed by atoms with Crippen LogP contribution in [0.1, 0.15) is 5.56 Å². The van der Waals surface area contributed by atoms with E-state index < -0.39 is 23.9 Å². The van der Waals surface area contributed by atoms with Gasteiger partial charge in [-0.3, -0.25) is 0 Å². The maximum atomic E-state index is 13.4. The molecule has 0 aromatic heterocycles. The standard InChI is InChI=1S/C13H14BrFN2O4/c1-7-4-9(15)8(14)5-10(7)16-13(20)17-2-3-21-6-11(17)12(18)19/h4-5,11H,2-3,6H2,1H3,(H,16,20)(H,18,19). The predicted molar refractivity (Wildman–Crippen MR) is 76.8 cm³/mol. The number of carbonyl (C=O) groups excluding carboxylic acids is 1. The Labute approximate surface area is 129 Å². The third-order valence-electron chi connectivity index (χ3n) is 3.18. The monoisotopic (exact) mass is 360 g/mol. The van der Waals surface area contributed by atoms with Crippen LogP contribution in [0.5, 0.6) is 0 Å². The molecule has 114 valence electrons. The SMILES string of the molecule is Cc1cc(F)c(Br)cc1NC(=O)N1CCOCC1C(=O)O. The first-order valence-electron chi connectivity index (χ1n) is 6.24. The van der Waals surface area contributed by atoms with Crippen LogP contribution in [-0.4, -0.2) is 47.8 Å². The Hall–Kier alpha value is -1.67. The third kappa shape index (κ3) is 3.51. The number of nitrogens with zero attached hydrogens (tertiary/aromatic N) is 1. The van der Waals surface area contributed by atoms with Crippen LogP contribution in [0, 0.1) is 12.7 Å². The van der Waals surface area contributed by atoms with E-state index in [0.29, 0.717) is 11.3 Å². The van der Waals surface area contributed by atoms with Crippen molar-refractivity contribution in [1.82, 2.24) is 4.90 Å². The van der Waals surface area contributed by atoms with Gasteiger partial charge in [-0.25, -0.2) is 14.0 Å². The van der Waals surface area contributed by atoms with Gasteiger partial charge in [0.1, 0.15) is 5.82 Å². The lowest BCUT2D eigenvalue weighted by molar-refractivity contribution is -0.147. The second-order valence-corrected chi connectivity index (χ2v) is 5.49. The van der Waals surface area contributed by atoms with Gasteiger partial charge in [0.15, 0.2) is 6.04 Å². The van der Waals surface area contributed by atoms with E-state index in [1.807, 2.05) is 0 Å². The quantitative estimate of drug-likeness (QED) is 0.847. The summed E-state index contributed by atoms with van der Waals surface area (Å²) < 4.78 is 18.7. The van der Waals surface area contributed by atoms with Gasteiger partial charge >= 0.3 is 12.0 Å². The van der Waals surface area contributed by atoms with Crippen LogP contribution in [0.15, 0.2) is 16.6 Å². The van der Waals surface area contributed by atoms with Crippen LogP contribution < -0.4 is 5.32 Å². The molecule has 2 amide bonds. The topological polar surface area (TPSA) is 78.9 Å². The molecule has 1 heterocycles. The molecule has 0 saturated carbocycles. The van der Waals surface area contributed by atoms with Gasteiger partial charge in [-0.05, 0) is 40.5 Å². The molecule has 2 rings (SSSR count). The first-order chi connectivity index (χ1) is 9.90. The van der Waals surface area contributed by atoms with Crippen LogP contribution >= 0.6 is 15.9 Å². The van der Waals surface area contributed by atoms with Crippen molar-refractivity contribution in [2.45, 2.75) is 13.0 Å². The zero-order chi connectivity index (χ0) is 15.6. The first kappa shape index (κ1) is 15.7. The summed E-state index contributed by atoms with van der Waals surface area (Å²) in [5, 5.41) is 11.7. The lowest BCUT2D eigenvalue weighted by Crippen LogP contribution is -2.54. The normalized spacial score (nSPS) is 18.4. The molecule has 0 bridgehead atoms. The Morgan fingerprint density at radius 2 is 2.24 bits per heavy atom. The van der Waals surface area contributed by atoms with E-state index >= 15 is 0 Å². The second-order valence-electron chi connectivity index (χ2n) is 4.63. The summed E-state index contributed by atoms with van der Waals surface area (Å²) >= 11 is 3.05. The average Bonchev–Trinajstić information content (AvgIpc) is 2.44. The second kappa shape index (κ2) is 6.40. The number of amides is 2. The fourth-order valence-corrected chi connectivity index (χ4v) is 2.36. The Morgan fingerprint density at radius 1 is 1.52 bits per heavy atom. The maximum Gasteiger partial charge on any atom is 0.328 e. The molecule has 2 N–H and O–H groups in total. The number of hydrogen-bond donors (Lipinski definition) is 2. The van der Waals surface area contributed by atoms with Crippen LogP contribution in [0.4, 0.5) is 14.9 Å². The third-order valence-corrected chi connectivity index (χ3v) is 3.79. The van der Waals surface area contributed by atoms with Crippen molar-refractivity contribution in [1.29, 1.82) is 0 Å². The van der Waals surface area contributed by atoms with E-state index in [9.17, 15) is 14.0 Å². The van der Waals surface area contributed by atoms with Crippen molar-refractivity contribution in [2.24, 2.45) is 0 Å². The number of aliphatic carboxylic acids is 1. The number of nitrogens with one attached hydrogen (secondary N) is 1. The minimum Gasteiger partial charge on any atom is -0.480 e. The highest BCUT2D eigenvalue weighted by Crippen LogP contribution is 2.24. The fraction of sp³-hybridized carbons (Fsp3) is 0.385. The number of benzene rings is 1. The van der Waals surface area contributed by atoms with Gasteiger partial charge in [0.05, 0.1) is 17.7 Å². The van der Waals surface area contributed by atoms with E-state index in [1.165, 1.54) is 17.0 Å². The summed E-state index contributed by atoms with van der Waals surface area (Å²) in [6.07, 6.45) is 0. The van der Waals surface area contributed by atoms with Crippen LogP contribution in [0.2, 0.25) is 0 Å². The first-order valence-corrected chi connectivity index (χ1v) is 7.03. The van der Waals surface area contributed by atoms with Crippen molar-refractivity contribution in [3.63, 3.8) is 0 Å². The predicted octanol–water partition coefficient (Wildman–Crippen LogP) is 2.21. The van der Waals surface area contributed by atoms with Crippen molar-refractivity contribution in [2.75, 3.05) is 25.1 Å². The molecular weight excluding hydrogens is 347 g/mol. The molecule has 0 radical (unpaired) electrons. The van der Waals surface area contributed by atoms with Gasteiger partial charge in [-0.1, -0.05) is 0 Å². The van der Waals surface area contributed by atoms with Gasteiger partial charge in [0.25, 0.3) is 0 Å². The molecule has 1 aromatic rings. The van der Waals surface area contributed by atoms with Crippen LogP contribution in [-0.2, 0) is 9.53 Å². The minimum atomic E-state index is -1.12. The molecule has 1 saturated heterocycles. The zero-order valence-electron chi connectivity index (χ0n) is 11.2. The van der Waals surface area contributed by atoms with Gasteiger partial charge in [0, 0.05) is 12.2 Å². The van der Waals surface area contributed by atoms with E-state index in [4.69, 9.17) is 9.84 Å². The lowest BCUT2D eigenvalue weighted by Gasteiger charge is -2.32. The number of ether oxygens (including phenoxy) is 1. The average molecular weight is 361 g/mol. The molecule has 0 aliphatic carbocycles. The fourth-order valence-electron chi connectivity index (χ4n) is 2.02. The molecule has 8 heteroatoms. The summed E-state index contributed by atoms with van der Waals surface area (Å²) in [5.74, 6) is -1.55. The van der Waals surface area contributed by atoms with E-state index in [1.54, 1.807) is 6.92 Å². The van der Waals surface area contributed by atoms with Gasteiger partial charge in [-0.2, -0.15) is 0 Å². The number of anilines is 1. The van der Waals surface area contributed by atoms with Crippen molar-refractivity contribution >= 4 is 33.6 Å². The molecule has 1 unspecified atom stereocenters. The molecule has 1 aliphatic rings. The van der Waals surface area contributed by atoms with Gasteiger partial charge in [0.2, 0.25) is 0 Å². The highest BCUT2D eigenvalue weighted by molar-refractivity contribution is 9.10. The summed E-state index contributed by atoms with van der Waals surface area (Å²) in [5.41, 5.74) is 0.966. The van der Waals surface area contributed by atoms with E-state index in [-0.39, 0.29) is 24.2 Å². The molecule has 1 aliphatic heterocycles. The number of carbonyl (C=O) groups is 2. The molecule has 1 fully saturated rings. The van der Waals surface area contributed by atoms with Crippen molar-refractivity contribution in [3.8, 4) is 0 Å². The number of urea groups is 1. The lowest BCUT2D eigenvalue weighted by atomic mass is 10.2. The Morgan fingerprint density at radius 3 is 2.90 bits per heavy atom. The number of hydrogen-bond acceptors (Lipinski definition) is 3. The number of morpholine rings is 1. The highest BCUT2D eigenvalue weighted by Gasteiger charge is 2.33. The van der Waals surface area contributed by atoms with Gasteiger partial charge in [-0.15, -0.1) is 0 Å². The number of carboxylic acid groups (broad SMARTS) is 1. The van der Waals surface area contributed by atoms with E-state index in [2.05, 4.69) is 21.2 Å². The Bertz CT molecular complexity index is 582. The summed E-state index contributed by atoms with van der Waals surface area (Å²) in [4.78, 5) is 24.5. The molecule has 1 atom stereocenters. The van der Waals surface area contributed by atoms with Crippen LogP contribution in [0.25, 0.3) is 0 Å². The summed E-state index contributed by atoms with van der Waals surface area (Å²) in [6, 6.07) is 1.15. The molecule has 6 nitrogen and oxygen atoms in total. The Balaban J connectivity index is 2.17. The summed E-state index contributed by atoms with van der Waals surface area (Å²) in [7, 11) is 0. The molecule has 21 heavy (non-hydrogen) atoms. The van der Waals surface area contributed by atoms with Crippen molar-refractivity contribution < 1.29 is 23.8 Å². The molecule has 1 aromatic carbocycles.